The Bertz CT molecular complexity index is 500. The molecule has 0 fully saturated rings. The Balaban J connectivity index is 1.97. The zero-order valence-electron chi connectivity index (χ0n) is 10.3. The fourth-order valence-electron chi connectivity index (χ4n) is 1.72. The molecule has 0 saturated carbocycles. The SMILES string of the molecule is COC(=O)c1ccc(C[CH]c2ccccc2)cc1. The van der Waals surface area contributed by atoms with Crippen LogP contribution in [-0.2, 0) is 11.2 Å². The minimum absolute atomic E-state index is 0.298. The van der Waals surface area contributed by atoms with Gasteiger partial charge < -0.3 is 4.74 Å². The van der Waals surface area contributed by atoms with Crippen molar-refractivity contribution in [3.8, 4) is 0 Å². The lowest BCUT2D eigenvalue weighted by Gasteiger charge is -2.03. The highest BCUT2D eigenvalue weighted by Crippen LogP contribution is 2.11. The summed E-state index contributed by atoms with van der Waals surface area (Å²) in [6.45, 7) is 0. The Morgan fingerprint density at radius 2 is 1.72 bits per heavy atom. The average Bonchev–Trinajstić information content (AvgIpc) is 2.46. The summed E-state index contributed by atoms with van der Waals surface area (Å²) >= 11 is 0. The van der Waals surface area contributed by atoms with Crippen LogP contribution in [0.15, 0.2) is 54.6 Å². The van der Waals surface area contributed by atoms with Crippen molar-refractivity contribution >= 4 is 5.97 Å². The second-order valence-corrected chi connectivity index (χ2v) is 4.01. The standard InChI is InChI=1S/C16H15O2/c1-18-16(17)15-11-9-14(10-12-15)8-7-13-5-3-2-4-6-13/h2-7,9-12H,8H2,1H3. The normalized spacial score (nSPS) is 10.1. The third kappa shape index (κ3) is 3.20. The third-order valence-corrected chi connectivity index (χ3v) is 2.75. The van der Waals surface area contributed by atoms with E-state index >= 15 is 0 Å². The fraction of sp³-hybridized carbons (Fsp3) is 0.125. The molecule has 1 radical (unpaired) electrons. The maximum absolute atomic E-state index is 11.3. The van der Waals surface area contributed by atoms with Crippen LogP contribution in [0.4, 0.5) is 0 Å². The number of esters is 1. The van der Waals surface area contributed by atoms with E-state index in [1.54, 1.807) is 12.1 Å². The van der Waals surface area contributed by atoms with Gasteiger partial charge in [-0.1, -0.05) is 42.5 Å². The van der Waals surface area contributed by atoms with E-state index < -0.39 is 0 Å². The van der Waals surface area contributed by atoms with E-state index in [-0.39, 0.29) is 5.97 Å². The molecule has 2 aromatic rings. The maximum atomic E-state index is 11.3. The number of ether oxygens (including phenoxy) is 1. The second kappa shape index (κ2) is 6.01. The number of hydrogen-bond donors (Lipinski definition) is 0. The van der Waals surface area contributed by atoms with E-state index in [0.29, 0.717) is 5.56 Å². The zero-order chi connectivity index (χ0) is 12.8. The molecule has 0 aliphatic carbocycles. The van der Waals surface area contributed by atoms with Crippen molar-refractivity contribution in [1.29, 1.82) is 0 Å². The highest BCUT2D eigenvalue weighted by Gasteiger charge is 2.04. The Morgan fingerprint density at radius 1 is 1.06 bits per heavy atom. The summed E-state index contributed by atoms with van der Waals surface area (Å²) in [6, 6.07) is 17.7. The minimum Gasteiger partial charge on any atom is -0.465 e. The Labute approximate surface area is 107 Å². The topological polar surface area (TPSA) is 26.3 Å². The summed E-state index contributed by atoms with van der Waals surface area (Å²) in [5.74, 6) is -0.298. The molecule has 2 rings (SSSR count). The first-order chi connectivity index (χ1) is 8.79. The molecule has 0 saturated heterocycles. The van der Waals surface area contributed by atoms with Crippen molar-refractivity contribution in [3.05, 3.63) is 77.7 Å². The van der Waals surface area contributed by atoms with Crippen molar-refractivity contribution in [3.63, 3.8) is 0 Å². The highest BCUT2D eigenvalue weighted by molar-refractivity contribution is 5.89. The minimum atomic E-state index is -0.298. The molecule has 18 heavy (non-hydrogen) atoms. The molecule has 0 amide bonds. The van der Waals surface area contributed by atoms with Crippen LogP contribution in [0.5, 0.6) is 0 Å². The number of benzene rings is 2. The van der Waals surface area contributed by atoms with E-state index in [1.807, 2.05) is 30.3 Å². The van der Waals surface area contributed by atoms with Gasteiger partial charge in [-0.3, -0.25) is 0 Å². The first-order valence-corrected chi connectivity index (χ1v) is 5.85. The molecule has 0 N–H and O–H groups in total. The molecule has 0 atom stereocenters. The Kier molecular flexibility index (Phi) is 4.13. The van der Waals surface area contributed by atoms with Crippen molar-refractivity contribution < 1.29 is 9.53 Å². The van der Waals surface area contributed by atoms with E-state index in [0.717, 1.165) is 6.42 Å². The van der Waals surface area contributed by atoms with Gasteiger partial charge in [-0.25, -0.2) is 4.79 Å². The molecule has 0 unspecified atom stereocenters. The number of carbonyl (C=O) groups is 1. The van der Waals surface area contributed by atoms with Gasteiger partial charge in [0.2, 0.25) is 0 Å². The van der Waals surface area contributed by atoms with Crippen molar-refractivity contribution in [2.24, 2.45) is 0 Å². The molecule has 2 heteroatoms. The third-order valence-electron chi connectivity index (χ3n) is 2.75. The first-order valence-electron chi connectivity index (χ1n) is 5.85. The van der Waals surface area contributed by atoms with Crippen molar-refractivity contribution in [1.82, 2.24) is 0 Å². The van der Waals surface area contributed by atoms with Crippen LogP contribution in [0, 0.1) is 6.42 Å². The van der Waals surface area contributed by atoms with Crippen LogP contribution in [-0.4, -0.2) is 13.1 Å². The lowest BCUT2D eigenvalue weighted by Crippen LogP contribution is -2.00. The van der Waals surface area contributed by atoms with E-state index in [2.05, 4.69) is 23.3 Å². The van der Waals surface area contributed by atoms with Crippen LogP contribution in [0.2, 0.25) is 0 Å². The highest BCUT2D eigenvalue weighted by atomic mass is 16.5. The number of carbonyl (C=O) groups excluding carboxylic acids is 1. The predicted molar refractivity (Wildman–Crippen MR) is 71.3 cm³/mol. The number of hydrogen-bond acceptors (Lipinski definition) is 2. The largest absolute Gasteiger partial charge is 0.465 e. The van der Waals surface area contributed by atoms with Gasteiger partial charge in [0.25, 0.3) is 0 Å². The number of methoxy groups -OCH3 is 1. The van der Waals surface area contributed by atoms with Crippen LogP contribution >= 0.6 is 0 Å². The smallest absolute Gasteiger partial charge is 0.337 e. The maximum Gasteiger partial charge on any atom is 0.337 e. The summed E-state index contributed by atoms with van der Waals surface area (Å²) < 4.78 is 4.66. The molecule has 2 aromatic carbocycles. The van der Waals surface area contributed by atoms with Gasteiger partial charge in [0.05, 0.1) is 12.7 Å². The molecular weight excluding hydrogens is 224 g/mol. The molecule has 0 aliphatic rings. The van der Waals surface area contributed by atoms with E-state index in [1.165, 1.54) is 18.2 Å². The molecule has 0 aromatic heterocycles. The van der Waals surface area contributed by atoms with Gasteiger partial charge in [-0.05, 0) is 36.1 Å². The summed E-state index contributed by atoms with van der Waals surface area (Å²) in [7, 11) is 1.39. The summed E-state index contributed by atoms with van der Waals surface area (Å²) in [4.78, 5) is 11.3. The zero-order valence-corrected chi connectivity index (χ0v) is 10.3. The van der Waals surface area contributed by atoms with Gasteiger partial charge in [0, 0.05) is 0 Å². The van der Waals surface area contributed by atoms with E-state index in [4.69, 9.17) is 0 Å². The Morgan fingerprint density at radius 3 is 2.33 bits per heavy atom. The molecule has 0 spiro atoms. The Hall–Kier alpha value is -2.09. The van der Waals surface area contributed by atoms with Crippen LogP contribution < -0.4 is 0 Å². The summed E-state index contributed by atoms with van der Waals surface area (Å²) in [5, 5.41) is 0. The summed E-state index contributed by atoms with van der Waals surface area (Å²) in [6.07, 6.45) is 3.01. The lowest BCUT2D eigenvalue weighted by atomic mass is 10.0. The van der Waals surface area contributed by atoms with E-state index in [9.17, 15) is 4.79 Å². The lowest BCUT2D eigenvalue weighted by molar-refractivity contribution is 0.0600. The fourth-order valence-corrected chi connectivity index (χ4v) is 1.72. The molecule has 2 nitrogen and oxygen atoms in total. The van der Waals surface area contributed by atoms with Crippen LogP contribution in [0.3, 0.4) is 0 Å². The van der Waals surface area contributed by atoms with Gasteiger partial charge in [0.1, 0.15) is 0 Å². The van der Waals surface area contributed by atoms with Crippen molar-refractivity contribution in [2.45, 2.75) is 6.42 Å². The van der Waals surface area contributed by atoms with Gasteiger partial charge in [-0.15, -0.1) is 0 Å². The van der Waals surface area contributed by atoms with Gasteiger partial charge in [-0.2, -0.15) is 0 Å². The van der Waals surface area contributed by atoms with Crippen molar-refractivity contribution in [2.75, 3.05) is 7.11 Å². The molecule has 0 aliphatic heterocycles. The number of rotatable bonds is 4. The van der Waals surface area contributed by atoms with Gasteiger partial charge >= 0.3 is 5.97 Å². The summed E-state index contributed by atoms with van der Waals surface area (Å²) in [5.41, 5.74) is 2.96. The molecule has 91 valence electrons. The predicted octanol–water partition coefficient (Wildman–Crippen LogP) is 3.27. The molecule has 0 bridgehead atoms. The molecule has 0 heterocycles. The second-order valence-electron chi connectivity index (χ2n) is 4.01. The first kappa shape index (κ1) is 12.4. The van der Waals surface area contributed by atoms with Crippen LogP contribution in [0.25, 0.3) is 0 Å². The molecular formula is C16H15O2. The average molecular weight is 239 g/mol. The monoisotopic (exact) mass is 239 g/mol. The quantitative estimate of drug-likeness (QED) is 0.765. The van der Waals surface area contributed by atoms with Crippen LogP contribution in [0.1, 0.15) is 21.5 Å². The van der Waals surface area contributed by atoms with Gasteiger partial charge in [0.15, 0.2) is 0 Å².